The molecule has 0 spiro atoms. The van der Waals surface area contributed by atoms with Crippen molar-refractivity contribution in [3.8, 4) is 11.8 Å². The largest absolute Gasteiger partial charge is 0.422 e. The van der Waals surface area contributed by atoms with Crippen LogP contribution in [0.3, 0.4) is 0 Å². The number of benzene rings is 1. The van der Waals surface area contributed by atoms with E-state index in [4.69, 9.17) is 10.5 Å². The molecule has 5 heteroatoms. The van der Waals surface area contributed by atoms with Crippen molar-refractivity contribution in [1.82, 2.24) is 9.97 Å². The van der Waals surface area contributed by atoms with Gasteiger partial charge in [0.1, 0.15) is 0 Å². The lowest BCUT2D eigenvalue weighted by Gasteiger charge is -2.06. The lowest BCUT2D eigenvalue weighted by Crippen LogP contribution is -1.96. The Morgan fingerprint density at radius 3 is 2.56 bits per heavy atom. The van der Waals surface area contributed by atoms with Gasteiger partial charge >= 0.3 is 6.01 Å². The fourth-order valence-corrected chi connectivity index (χ4v) is 1.49. The molecule has 1 heterocycles. The molecule has 0 aliphatic carbocycles. The second kappa shape index (κ2) is 4.65. The van der Waals surface area contributed by atoms with Crippen LogP contribution >= 0.6 is 22.6 Å². The van der Waals surface area contributed by atoms with Crippen molar-refractivity contribution >= 4 is 28.3 Å². The molecule has 0 atom stereocenters. The molecule has 0 bridgehead atoms. The highest BCUT2D eigenvalue weighted by molar-refractivity contribution is 14.1. The van der Waals surface area contributed by atoms with Gasteiger partial charge in [-0.3, -0.25) is 0 Å². The van der Waals surface area contributed by atoms with Crippen LogP contribution in [-0.4, -0.2) is 9.97 Å². The summed E-state index contributed by atoms with van der Waals surface area (Å²) in [5, 5.41) is 0. The minimum absolute atomic E-state index is 0.302. The molecule has 2 aromatic rings. The number of hydrogen-bond acceptors (Lipinski definition) is 4. The standard InChI is InChI=1S/C11H10IN3O/c1-7-2-3-10(9(13)4-7)16-11-14-5-8(12)6-15-11/h2-6H,13H2,1H3. The van der Waals surface area contributed by atoms with Crippen molar-refractivity contribution in [1.29, 1.82) is 0 Å². The van der Waals surface area contributed by atoms with Crippen LogP contribution in [0.15, 0.2) is 30.6 Å². The first-order chi connectivity index (χ1) is 7.65. The predicted molar refractivity (Wildman–Crippen MR) is 70.4 cm³/mol. The van der Waals surface area contributed by atoms with E-state index in [1.165, 1.54) is 0 Å². The molecule has 2 N–H and O–H groups in total. The Morgan fingerprint density at radius 1 is 1.25 bits per heavy atom. The third kappa shape index (κ3) is 2.60. The topological polar surface area (TPSA) is 61.0 Å². The summed E-state index contributed by atoms with van der Waals surface area (Å²) >= 11 is 2.13. The summed E-state index contributed by atoms with van der Waals surface area (Å²) in [7, 11) is 0. The SMILES string of the molecule is Cc1ccc(Oc2ncc(I)cn2)c(N)c1. The minimum Gasteiger partial charge on any atom is -0.422 e. The van der Waals surface area contributed by atoms with E-state index >= 15 is 0 Å². The average molecular weight is 327 g/mol. The van der Waals surface area contributed by atoms with Crippen LogP contribution in [0.4, 0.5) is 5.69 Å². The Morgan fingerprint density at radius 2 is 1.94 bits per heavy atom. The fraction of sp³-hybridized carbons (Fsp3) is 0.0909. The van der Waals surface area contributed by atoms with Crippen LogP contribution < -0.4 is 10.5 Å². The Labute approximate surface area is 107 Å². The maximum Gasteiger partial charge on any atom is 0.322 e. The molecule has 0 radical (unpaired) electrons. The van der Waals surface area contributed by atoms with Crippen molar-refractivity contribution in [3.63, 3.8) is 0 Å². The number of nitrogen functional groups attached to an aromatic ring is 1. The molecule has 1 aromatic carbocycles. The highest BCUT2D eigenvalue weighted by Crippen LogP contribution is 2.25. The molecule has 0 unspecified atom stereocenters. The zero-order valence-corrected chi connectivity index (χ0v) is 10.8. The molecule has 0 aliphatic heterocycles. The molecule has 2 rings (SSSR count). The smallest absolute Gasteiger partial charge is 0.322 e. The van der Waals surface area contributed by atoms with Gasteiger partial charge in [-0.2, -0.15) is 0 Å². The molecule has 16 heavy (non-hydrogen) atoms. The van der Waals surface area contributed by atoms with Gasteiger partial charge in [-0.25, -0.2) is 9.97 Å². The third-order valence-electron chi connectivity index (χ3n) is 1.96. The summed E-state index contributed by atoms with van der Waals surface area (Å²) in [4.78, 5) is 8.08. The molecule has 82 valence electrons. The maximum absolute atomic E-state index is 5.82. The summed E-state index contributed by atoms with van der Waals surface area (Å²) < 4.78 is 6.43. The predicted octanol–water partition coefficient (Wildman–Crippen LogP) is 2.76. The highest BCUT2D eigenvalue weighted by Gasteiger charge is 2.04. The van der Waals surface area contributed by atoms with Gasteiger partial charge in [-0.05, 0) is 47.2 Å². The summed E-state index contributed by atoms with van der Waals surface area (Å²) in [6.07, 6.45) is 3.38. The number of nitrogens with two attached hydrogens (primary N) is 1. The molecule has 0 saturated heterocycles. The van der Waals surface area contributed by atoms with Gasteiger partial charge in [0.25, 0.3) is 0 Å². The maximum atomic E-state index is 5.82. The molecule has 0 amide bonds. The first-order valence-corrected chi connectivity index (χ1v) is 5.74. The quantitative estimate of drug-likeness (QED) is 0.681. The molecule has 0 saturated carbocycles. The van der Waals surface area contributed by atoms with Gasteiger partial charge < -0.3 is 10.5 Å². The van der Waals surface area contributed by atoms with E-state index in [1.54, 1.807) is 12.4 Å². The van der Waals surface area contributed by atoms with Gasteiger partial charge in [-0.15, -0.1) is 0 Å². The van der Waals surface area contributed by atoms with Crippen molar-refractivity contribution in [3.05, 3.63) is 39.7 Å². The van der Waals surface area contributed by atoms with Gasteiger partial charge in [0.05, 0.1) is 5.69 Å². The van der Waals surface area contributed by atoms with Crippen LogP contribution in [0, 0.1) is 10.5 Å². The van der Waals surface area contributed by atoms with Gasteiger partial charge in [0, 0.05) is 16.0 Å². The Balaban J connectivity index is 2.23. The van der Waals surface area contributed by atoms with E-state index in [2.05, 4.69) is 32.6 Å². The Bertz CT molecular complexity index is 499. The number of hydrogen-bond donors (Lipinski definition) is 1. The number of halogens is 1. The normalized spacial score (nSPS) is 10.1. The van der Waals surface area contributed by atoms with E-state index in [0.717, 1.165) is 9.13 Å². The monoisotopic (exact) mass is 327 g/mol. The third-order valence-corrected chi connectivity index (χ3v) is 2.52. The first kappa shape index (κ1) is 11.1. The van der Waals surface area contributed by atoms with E-state index in [9.17, 15) is 0 Å². The van der Waals surface area contributed by atoms with Crippen molar-refractivity contribution < 1.29 is 4.74 Å². The molecular formula is C11H10IN3O. The Hall–Kier alpha value is -1.37. The second-order valence-corrected chi connectivity index (χ2v) is 4.57. The summed E-state index contributed by atoms with van der Waals surface area (Å²) in [6.45, 7) is 1.97. The number of nitrogens with zero attached hydrogens (tertiary/aromatic N) is 2. The van der Waals surface area contributed by atoms with E-state index < -0.39 is 0 Å². The lowest BCUT2D eigenvalue weighted by atomic mass is 10.2. The number of rotatable bonds is 2. The van der Waals surface area contributed by atoms with Crippen molar-refractivity contribution in [2.45, 2.75) is 6.92 Å². The summed E-state index contributed by atoms with van der Waals surface area (Å²) in [6, 6.07) is 5.89. The lowest BCUT2D eigenvalue weighted by molar-refractivity contribution is 0.443. The molecule has 0 fully saturated rings. The minimum atomic E-state index is 0.302. The fourth-order valence-electron chi connectivity index (χ4n) is 1.21. The van der Waals surface area contributed by atoms with E-state index in [0.29, 0.717) is 17.4 Å². The second-order valence-electron chi connectivity index (χ2n) is 3.33. The molecule has 1 aromatic heterocycles. The van der Waals surface area contributed by atoms with E-state index in [-0.39, 0.29) is 0 Å². The highest BCUT2D eigenvalue weighted by atomic mass is 127. The molecular weight excluding hydrogens is 317 g/mol. The van der Waals surface area contributed by atoms with E-state index in [1.807, 2.05) is 25.1 Å². The van der Waals surface area contributed by atoms with Crippen LogP contribution in [0.1, 0.15) is 5.56 Å². The number of aromatic nitrogens is 2. The number of ether oxygens (including phenoxy) is 1. The van der Waals surface area contributed by atoms with Crippen molar-refractivity contribution in [2.24, 2.45) is 0 Å². The van der Waals surface area contributed by atoms with Crippen LogP contribution in [-0.2, 0) is 0 Å². The zero-order chi connectivity index (χ0) is 11.5. The zero-order valence-electron chi connectivity index (χ0n) is 8.64. The number of aryl methyl sites for hydroxylation is 1. The van der Waals surface area contributed by atoms with Crippen LogP contribution in [0.5, 0.6) is 11.8 Å². The van der Waals surface area contributed by atoms with Crippen molar-refractivity contribution in [2.75, 3.05) is 5.73 Å². The Kier molecular flexibility index (Phi) is 3.23. The van der Waals surface area contributed by atoms with Crippen LogP contribution in [0.2, 0.25) is 0 Å². The molecule has 4 nitrogen and oxygen atoms in total. The van der Waals surface area contributed by atoms with Crippen LogP contribution in [0.25, 0.3) is 0 Å². The summed E-state index contributed by atoms with van der Waals surface area (Å²) in [5.74, 6) is 0.576. The van der Waals surface area contributed by atoms with Gasteiger partial charge in [0.2, 0.25) is 0 Å². The summed E-state index contributed by atoms with van der Waals surface area (Å²) in [5.41, 5.74) is 7.49. The number of anilines is 1. The van der Waals surface area contributed by atoms with Gasteiger partial charge in [-0.1, -0.05) is 6.07 Å². The van der Waals surface area contributed by atoms with Gasteiger partial charge in [0.15, 0.2) is 5.75 Å². The first-order valence-electron chi connectivity index (χ1n) is 4.66. The molecule has 0 aliphatic rings. The average Bonchev–Trinajstić information content (AvgIpc) is 2.25.